The Morgan fingerprint density at radius 1 is 0.552 bits per heavy atom. The Morgan fingerprint density at radius 2 is 0.948 bits per heavy atom. The van der Waals surface area contributed by atoms with Crippen molar-refractivity contribution < 1.29 is 106 Å². The summed E-state index contributed by atoms with van der Waals surface area (Å²) in [6.07, 6.45) is -6.77. The van der Waals surface area contributed by atoms with Crippen LogP contribution in [0.1, 0.15) is 222 Å². The van der Waals surface area contributed by atoms with Crippen molar-refractivity contribution >= 4 is 59.5 Å². The molecule has 24 heteroatoms. The summed E-state index contributed by atoms with van der Waals surface area (Å²) in [6.45, 7) is 38.8. The number of likely N-dealkylation sites (tertiary alicyclic amines) is 1. The number of aliphatic hydroxyl groups is 3. The molecule has 0 radical (unpaired) electrons. The number of nitrogens with one attached hydrogen (secondary N) is 1. The molecule has 3 saturated heterocycles. The predicted octanol–water partition coefficient (Wildman–Crippen LogP) is 13.9. The summed E-state index contributed by atoms with van der Waals surface area (Å²) >= 11 is 0. The number of ketones is 2. The molecule has 4 bridgehead atoms. The van der Waals surface area contributed by atoms with Gasteiger partial charge in [-0.05, 0) is 145 Å². The van der Waals surface area contributed by atoms with Crippen molar-refractivity contribution in [2.75, 3.05) is 13.2 Å². The standard InChI is InChI=1S/C46H59NO11.C31H40O8.C15H19NO3/c1-25-22-33-45(24-54-33,57-29(5)48)36-38(56-40(51)31-20-16-13-17-21-31)46(53)23-32(26(2)34(43(46,9)10)27(3)37(49)44(25,36)11)55-39(50)28(4)35(30-18-14-12-15-19-30)47-41(52)58-42(6,7)8;1-16-13-22-30(15-37-22,39-19(4)32)24-26(38-27(35)20-11-9-8-10-12-20)31(36)14-21(33)17(2)23(28(31,5)6)18(3)25(34)29(16,24)7;1-10-12(11-8-6-5-7-9-11)16(13(10)17)14(18)19-15(2,3)4/h12-21,25,27-28,32-33,35-36,38,53H,22-24H2,1-11H3,(H,47,52);8-12,16,18,21-22,24,26,33,36H,13-15H2,1-7H3;5-10,12H,1-4H3/t25-,27+,28+,32-,33+,35+,36?,38-,44+,45-,46+;16-,18+,21-,22+,24?,26-,29+,30-,31+;10-,12-/m001/s1. The van der Waals surface area contributed by atoms with Crippen molar-refractivity contribution in [3.05, 3.63) is 166 Å². The van der Waals surface area contributed by atoms with E-state index in [1.807, 2.05) is 113 Å². The number of imide groups is 1. The molecule has 13 rings (SSSR count). The maximum absolute atomic E-state index is 15.4. The lowest BCUT2D eigenvalue weighted by molar-refractivity contribution is -0.339. The van der Waals surface area contributed by atoms with Crippen molar-refractivity contribution in [2.45, 2.75) is 260 Å². The predicted molar refractivity (Wildman–Crippen MR) is 426 cm³/mol. The quantitative estimate of drug-likeness (QED) is 0.0443. The molecule has 7 fully saturated rings. The van der Waals surface area contributed by atoms with E-state index in [0.717, 1.165) is 5.56 Å². The Bertz CT molecular complexity index is 4530. The van der Waals surface area contributed by atoms with E-state index in [4.69, 9.17) is 42.6 Å². The highest BCUT2D eigenvalue weighted by molar-refractivity contribution is 6.00. The van der Waals surface area contributed by atoms with E-state index in [1.165, 1.54) is 18.7 Å². The Morgan fingerprint density at radius 3 is 1.34 bits per heavy atom. The first-order valence-corrected chi connectivity index (χ1v) is 40.6. The number of β-lactam (4-membered cyclic amide) rings is 1. The number of hydrogen-bond donors (Lipinski definition) is 4. The first kappa shape index (κ1) is 87.9. The highest BCUT2D eigenvalue weighted by Gasteiger charge is 2.79. The van der Waals surface area contributed by atoms with E-state index >= 15 is 4.79 Å². The summed E-state index contributed by atoms with van der Waals surface area (Å²) in [7, 11) is 0. The highest BCUT2D eigenvalue weighted by Crippen LogP contribution is 2.69. The second-order valence-electron chi connectivity index (χ2n) is 37.3. The number of alkyl carbamates (subject to hydrolysis) is 1. The summed E-state index contributed by atoms with van der Waals surface area (Å²) in [5.74, 6) is -8.76. The average molecular weight is 1600 g/mol. The Labute approximate surface area is 680 Å². The molecule has 6 aliphatic carbocycles. The highest BCUT2D eigenvalue weighted by atomic mass is 16.6. The fourth-order valence-corrected chi connectivity index (χ4v) is 21.2. The van der Waals surface area contributed by atoms with Crippen LogP contribution in [-0.4, -0.2) is 163 Å². The lowest BCUT2D eigenvalue weighted by Crippen LogP contribution is -2.80. The van der Waals surface area contributed by atoms with Gasteiger partial charge in [-0.15, -0.1) is 0 Å². The molecular formula is C92H118N2O22. The van der Waals surface area contributed by atoms with Crippen molar-refractivity contribution in [2.24, 2.45) is 69.0 Å². The number of benzene rings is 4. The van der Waals surface area contributed by atoms with Gasteiger partial charge in [0.2, 0.25) is 5.91 Å². The smallest absolute Gasteiger partial charge is 0.417 e. The minimum absolute atomic E-state index is 0.0199. The molecule has 4 N–H and O–H groups in total. The fraction of sp³-hybridized carbons (Fsp3) is 0.587. The van der Waals surface area contributed by atoms with E-state index in [9.17, 15) is 58.5 Å². The molecule has 3 aliphatic heterocycles. The van der Waals surface area contributed by atoms with Gasteiger partial charge in [0.1, 0.15) is 64.5 Å². The lowest BCUT2D eigenvalue weighted by atomic mass is 9.42. The molecule has 24 nitrogen and oxygen atoms in total. The van der Waals surface area contributed by atoms with Crippen LogP contribution in [0.25, 0.3) is 0 Å². The second kappa shape index (κ2) is 31.7. The van der Waals surface area contributed by atoms with E-state index in [0.29, 0.717) is 40.7 Å². The number of fused-ring (bicyclic) bond motifs is 10. The van der Waals surface area contributed by atoms with Gasteiger partial charge in [0, 0.05) is 60.2 Å². The van der Waals surface area contributed by atoms with E-state index in [-0.39, 0.29) is 78.5 Å². The number of carbonyl (C=O) groups excluding carboxylic acids is 10. The SMILES string of the molecule is CC(=O)O[C@@]12CO[C@@H]1C[C@H](C)[C@@]1(C)C(=O)[C@H](C)C3=C(C)[C@@H](O)C[C@@](O)([C@@H](OC(=O)c4ccccc4)C12)C3(C)C.CC(=O)O[C@@]12CO[C@@H]1C[C@H](C)[C@@]1(C)C(=O)[C@H](C)C3=C(C)[C@@H](OC(=O)[C@H](C)[C@@H](NC(=O)OC(C)(C)C)c4ccccc4)C[C@@](O)([C@@H](OC(=O)c4ccccc4)C12)C3(C)C.C[C@H]1C(=O)N(C(=O)OC(C)(C)C)[C@H]1c1ccccc1. The molecule has 116 heavy (non-hydrogen) atoms. The Kier molecular flexibility index (Phi) is 24.0. The molecule has 22 atom stereocenters. The van der Waals surface area contributed by atoms with Gasteiger partial charge in [-0.1, -0.05) is 173 Å². The first-order chi connectivity index (χ1) is 53.9. The third-order valence-electron chi connectivity index (χ3n) is 27.5. The zero-order chi connectivity index (χ0) is 85.7. The van der Waals surface area contributed by atoms with Crippen molar-refractivity contribution in [3.8, 4) is 0 Å². The van der Waals surface area contributed by atoms with Crippen LogP contribution in [0.4, 0.5) is 9.59 Å². The molecule has 628 valence electrons. The van der Waals surface area contributed by atoms with Crippen LogP contribution in [0.2, 0.25) is 0 Å². The number of hydrogen-bond acceptors (Lipinski definition) is 22. The third-order valence-corrected chi connectivity index (χ3v) is 27.5. The number of Topliss-reactive ketones (excluding diaryl/α,β-unsaturated/α-hetero) is 2. The normalized spacial score (nSPS) is 35.0. The van der Waals surface area contributed by atoms with Crippen LogP contribution < -0.4 is 5.32 Å². The van der Waals surface area contributed by atoms with Gasteiger partial charge in [-0.3, -0.25) is 28.8 Å². The molecule has 3 heterocycles. The minimum atomic E-state index is -2.00. The van der Waals surface area contributed by atoms with Gasteiger partial charge >= 0.3 is 42.0 Å². The van der Waals surface area contributed by atoms with Crippen LogP contribution in [0.3, 0.4) is 0 Å². The van der Waals surface area contributed by atoms with Crippen LogP contribution in [0.5, 0.6) is 0 Å². The van der Waals surface area contributed by atoms with Crippen molar-refractivity contribution in [1.29, 1.82) is 0 Å². The maximum Gasteiger partial charge on any atom is 0.417 e. The Hall–Kier alpha value is -8.94. The number of esters is 5. The van der Waals surface area contributed by atoms with Gasteiger partial charge in [-0.2, -0.15) is 0 Å². The second-order valence-corrected chi connectivity index (χ2v) is 37.3. The van der Waals surface area contributed by atoms with Gasteiger partial charge in [0.15, 0.2) is 11.2 Å². The molecule has 2 unspecified atom stereocenters. The summed E-state index contributed by atoms with van der Waals surface area (Å²) in [4.78, 5) is 136. The van der Waals surface area contributed by atoms with E-state index in [1.54, 1.807) is 147 Å². The summed E-state index contributed by atoms with van der Waals surface area (Å²) in [6, 6.07) is 34.3. The summed E-state index contributed by atoms with van der Waals surface area (Å²) in [5, 5.41) is 40.6. The average Bonchev–Trinajstić information content (AvgIpc) is 0.673. The van der Waals surface area contributed by atoms with Crippen LogP contribution >= 0.6 is 0 Å². The number of amides is 3. The molecule has 3 amide bonds. The monoisotopic (exact) mass is 1600 g/mol. The zero-order valence-corrected chi connectivity index (χ0v) is 71.1. The molecule has 4 aromatic carbocycles. The number of ether oxygens (including phenoxy) is 9. The molecular weight excluding hydrogens is 1490 g/mol. The third kappa shape index (κ3) is 15.0. The molecule has 4 aromatic rings. The van der Waals surface area contributed by atoms with E-state index in [2.05, 4.69) is 5.32 Å². The summed E-state index contributed by atoms with van der Waals surface area (Å²) < 4.78 is 54.4. The Balaban J connectivity index is 0.000000194. The van der Waals surface area contributed by atoms with Gasteiger partial charge < -0.3 is 63.3 Å². The molecule has 9 aliphatic rings. The van der Waals surface area contributed by atoms with Gasteiger partial charge in [0.25, 0.3) is 0 Å². The molecule has 4 saturated carbocycles. The number of aliphatic hydroxyl groups excluding tert-OH is 1. The number of rotatable bonds is 12. The fourth-order valence-electron chi connectivity index (χ4n) is 21.2. The first-order valence-electron chi connectivity index (χ1n) is 40.6. The van der Waals surface area contributed by atoms with Crippen LogP contribution in [0.15, 0.2) is 144 Å². The van der Waals surface area contributed by atoms with Gasteiger partial charge in [-0.25, -0.2) is 24.1 Å². The van der Waals surface area contributed by atoms with Crippen molar-refractivity contribution in [3.63, 3.8) is 0 Å². The maximum atomic E-state index is 15.4. The largest absolute Gasteiger partial charge is 0.457 e. The minimum Gasteiger partial charge on any atom is -0.457 e. The molecule has 0 spiro atoms. The van der Waals surface area contributed by atoms with Crippen LogP contribution in [-0.2, 0) is 71.4 Å². The van der Waals surface area contributed by atoms with Gasteiger partial charge in [0.05, 0.1) is 66.2 Å². The van der Waals surface area contributed by atoms with E-state index < -0.39 is 170 Å². The topological polar surface area (TPSA) is 330 Å². The lowest BCUT2D eigenvalue weighted by Gasteiger charge is -2.68. The summed E-state index contributed by atoms with van der Waals surface area (Å²) in [5.41, 5.74) is -8.00. The number of nitrogens with zero attached hydrogens (tertiary/aromatic N) is 1. The van der Waals surface area contributed by atoms with Crippen molar-refractivity contribution in [1.82, 2.24) is 10.2 Å². The van der Waals surface area contributed by atoms with Crippen LogP contribution in [0, 0.1) is 69.0 Å². The molecule has 0 aromatic heterocycles. The number of carbonyl (C=O) groups is 10. The zero-order valence-electron chi connectivity index (χ0n) is 71.1.